The van der Waals surface area contributed by atoms with Gasteiger partial charge in [0.05, 0.1) is 17.3 Å². The topological polar surface area (TPSA) is 38.1 Å². The Morgan fingerprint density at radius 2 is 1.96 bits per heavy atom. The largest absolute Gasteiger partial charge is 0.341 e. The summed E-state index contributed by atoms with van der Waals surface area (Å²) in [5.74, 6) is -0.245. The lowest BCUT2D eigenvalue weighted by molar-refractivity contribution is -0.140. The van der Waals surface area contributed by atoms with Crippen LogP contribution in [-0.2, 0) is 16.8 Å². The van der Waals surface area contributed by atoms with Gasteiger partial charge >= 0.3 is 0 Å². The van der Waals surface area contributed by atoms with Gasteiger partial charge < -0.3 is 4.90 Å². The molecule has 4 nitrogen and oxygen atoms in total. The third kappa shape index (κ3) is 3.25. The molecule has 0 spiro atoms. The van der Waals surface area contributed by atoms with Crippen LogP contribution in [0.3, 0.4) is 0 Å². The quantitative estimate of drug-likeness (QED) is 0.685. The molecule has 27 heavy (non-hydrogen) atoms. The summed E-state index contributed by atoms with van der Waals surface area (Å²) in [6, 6.07) is 16.3. The minimum Gasteiger partial charge on any atom is -0.341 e. The first-order chi connectivity index (χ1) is 13.1. The van der Waals surface area contributed by atoms with Gasteiger partial charge in [0, 0.05) is 25.4 Å². The zero-order chi connectivity index (χ0) is 18.9. The SMILES string of the molecule is CN(Cc1cnn(-c2ccccc2)c1)C(=O)C1(c2cccc(F)c2)CCC1. The van der Waals surface area contributed by atoms with E-state index in [4.69, 9.17) is 0 Å². The predicted molar refractivity (Wildman–Crippen MR) is 102 cm³/mol. The Bertz CT molecular complexity index is 947. The average Bonchev–Trinajstić information content (AvgIpc) is 3.10. The second-order valence-electron chi connectivity index (χ2n) is 7.24. The second kappa shape index (κ2) is 6.99. The fraction of sp³-hybridized carbons (Fsp3) is 0.273. The molecule has 3 aromatic rings. The van der Waals surface area contributed by atoms with E-state index in [1.807, 2.05) is 49.6 Å². The van der Waals surface area contributed by atoms with Gasteiger partial charge in [-0.1, -0.05) is 36.8 Å². The highest BCUT2D eigenvalue weighted by atomic mass is 19.1. The molecule has 1 saturated carbocycles. The van der Waals surface area contributed by atoms with Crippen molar-refractivity contribution in [1.29, 1.82) is 0 Å². The number of carbonyl (C=O) groups excluding carboxylic acids is 1. The molecule has 1 heterocycles. The van der Waals surface area contributed by atoms with Crippen LogP contribution in [0.2, 0.25) is 0 Å². The first-order valence-electron chi connectivity index (χ1n) is 9.19. The van der Waals surface area contributed by atoms with Crippen LogP contribution in [0.1, 0.15) is 30.4 Å². The van der Waals surface area contributed by atoms with E-state index in [0.29, 0.717) is 6.54 Å². The minimum absolute atomic E-state index is 0.0480. The highest BCUT2D eigenvalue weighted by molar-refractivity contribution is 5.89. The van der Waals surface area contributed by atoms with Crippen molar-refractivity contribution >= 4 is 5.91 Å². The molecule has 1 aliphatic rings. The van der Waals surface area contributed by atoms with E-state index in [2.05, 4.69) is 5.10 Å². The monoisotopic (exact) mass is 363 g/mol. The van der Waals surface area contributed by atoms with Crippen LogP contribution < -0.4 is 0 Å². The molecular formula is C22H22FN3O. The fourth-order valence-electron chi connectivity index (χ4n) is 3.82. The van der Waals surface area contributed by atoms with Crippen LogP contribution in [0.4, 0.5) is 4.39 Å². The molecule has 0 radical (unpaired) electrons. The summed E-state index contributed by atoms with van der Waals surface area (Å²) in [6.45, 7) is 0.475. The van der Waals surface area contributed by atoms with Gasteiger partial charge in [0.1, 0.15) is 5.82 Å². The number of carbonyl (C=O) groups is 1. The van der Waals surface area contributed by atoms with Crippen LogP contribution in [0, 0.1) is 5.82 Å². The summed E-state index contributed by atoms with van der Waals surface area (Å²) >= 11 is 0. The Labute approximate surface area is 158 Å². The standard InChI is InChI=1S/C22H22FN3O/c1-25(15-17-14-24-26(16-17)20-9-3-2-4-10-20)21(27)22(11-6-12-22)18-7-5-8-19(23)13-18/h2-5,7-10,13-14,16H,6,11-12,15H2,1H3. The maximum absolute atomic E-state index is 13.7. The third-order valence-electron chi connectivity index (χ3n) is 5.42. The highest BCUT2D eigenvalue weighted by Crippen LogP contribution is 2.45. The van der Waals surface area contributed by atoms with E-state index >= 15 is 0 Å². The van der Waals surface area contributed by atoms with Crippen molar-refractivity contribution in [3.05, 3.63) is 83.9 Å². The van der Waals surface area contributed by atoms with E-state index in [1.165, 1.54) is 12.1 Å². The van der Waals surface area contributed by atoms with Gasteiger partial charge in [0.2, 0.25) is 5.91 Å². The molecule has 138 valence electrons. The van der Waals surface area contributed by atoms with Crippen molar-refractivity contribution in [2.45, 2.75) is 31.2 Å². The maximum Gasteiger partial charge on any atom is 0.233 e. The van der Waals surface area contributed by atoms with Gasteiger partial charge in [-0.25, -0.2) is 9.07 Å². The number of hydrogen-bond donors (Lipinski definition) is 0. The van der Waals surface area contributed by atoms with E-state index in [0.717, 1.165) is 36.1 Å². The number of nitrogens with zero attached hydrogens (tertiary/aromatic N) is 3. The molecule has 1 amide bonds. The highest BCUT2D eigenvalue weighted by Gasteiger charge is 2.47. The third-order valence-corrected chi connectivity index (χ3v) is 5.42. The summed E-state index contributed by atoms with van der Waals surface area (Å²) in [6.07, 6.45) is 6.25. The molecule has 2 aromatic carbocycles. The Balaban J connectivity index is 1.52. The Kier molecular flexibility index (Phi) is 4.52. The van der Waals surface area contributed by atoms with Crippen LogP contribution in [0.5, 0.6) is 0 Å². The van der Waals surface area contributed by atoms with Crippen molar-refractivity contribution in [1.82, 2.24) is 14.7 Å². The molecule has 1 aliphatic carbocycles. The molecule has 0 atom stereocenters. The molecule has 4 rings (SSSR count). The Hall–Kier alpha value is -2.95. The van der Waals surface area contributed by atoms with Crippen LogP contribution >= 0.6 is 0 Å². The maximum atomic E-state index is 13.7. The van der Waals surface area contributed by atoms with Gasteiger partial charge in [-0.05, 0) is 42.7 Å². The number of benzene rings is 2. The number of likely N-dealkylation sites (N-methyl/N-ethyl adjacent to an activating group) is 1. The number of para-hydroxylation sites is 1. The molecule has 0 unspecified atom stereocenters. The summed E-state index contributed by atoms with van der Waals surface area (Å²) in [5, 5.41) is 4.39. The lowest BCUT2D eigenvalue weighted by Crippen LogP contribution is -2.49. The van der Waals surface area contributed by atoms with E-state index < -0.39 is 5.41 Å². The Morgan fingerprint density at radius 1 is 1.19 bits per heavy atom. The molecule has 0 saturated heterocycles. The Morgan fingerprint density at radius 3 is 2.63 bits per heavy atom. The fourth-order valence-corrected chi connectivity index (χ4v) is 3.82. The van der Waals surface area contributed by atoms with Gasteiger partial charge in [-0.15, -0.1) is 0 Å². The first-order valence-corrected chi connectivity index (χ1v) is 9.19. The first kappa shape index (κ1) is 17.5. The summed E-state index contributed by atoms with van der Waals surface area (Å²) in [4.78, 5) is 14.9. The summed E-state index contributed by atoms with van der Waals surface area (Å²) in [7, 11) is 1.81. The summed E-state index contributed by atoms with van der Waals surface area (Å²) in [5.41, 5.74) is 2.13. The van der Waals surface area contributed by atoms with Crippen LogP contribution in [-0.4, -0.2) is 27.6 Å². The van der Waals surface area contributed by atoms with Gasteiger partial charge in [0.15, 0.2) is 0 Å². The number of hydrogen-bond acceptors (Lipinski definition) is 2. The van der Waals surface area contributed by atoms with Crippen molar-refractivity contribution < 1.29 is 9.18 Å². The predicted octanol–water partition coefficient (Wildman–Crippen LogP) is 4.09. The average molecular weight is 363 g/mol. The number of rotatable bonds is 5. The molecule has 0 bridgehead atoms. The zero-order valence-corrected chi connectivity index (χ0v) is 15.3. The smallest absolute Gasteiger partial charge is 0.233 e. The minimum atomic E-state index is -0.591. The lowest BCUT2D eigenvalue weighted by Gasteiger charge is -2.43. The van der Waals surface area contributed by atoms with Gasteiger partial charge in [-0.3, -0.25) is 4.79 Å². The van der Waals surface area contributed by atoms with Crippen LogP contribution in [0.25, 0.3) is 5.69 Å². The van der Waals surface area contributed by atoms with Crippen molar-refractivity contribution in [2.24, 2.45) is 0 Å². The lowest BCUT2D eigenvalue weighted by atomic mass is 9.63. The normalized spacial score (nSPS) is 15.2. The van der Waals surface area contributed by atoms with Crippen molar-refractivity contribution in [2.75, 3.05) is 7.05 Å². The molecule has 1 fully saturated rings. The number of amides is 1. The molecule has 0 N–H and O–H groups in total. The van der Waals surface area contributed by atoms with Crippen molar-refractivity contribution in [3.63, 3.8) is 0 Å². The van der Waals surface area contributed by atoms with E-state index in [9.17, 15) is 9.18 Å². The van der Waals surface area contributed by atoms with E-state index in [-0.39, 0.29) is 11.7 Å². The van der Waals surface area contributed by atoms with Crippen LogP contribution in [0.15, 0.2) is 67.0 Å². The molecule has 0 aliphatic heterocycles. The zero-order valence-electron chi connectivity index (χ0n) is 15.3. The van der Waals surface area contributed by atoms with Gasteiger partial charge in [0.25, 0.3) is 0 Å². The molecule has 1 aromatic heterocycles. The molecule has 5 heteroatoms. The number of halogens is 1. The number of aromatic nitrogens is 2. The molecular weight excluding hydrogens is 341 g/mol. The van der Waals surface area contributed by atoms with Gasteiger partial charge in [-0.2, -0.15) is 5.10 Å². The summed E-state index contributed by atoms with van der Waals surface area (Å²) < 4.78 is 15.5. The second-order valence-corrected chi connectivity index (χ2v) is 7.24. The van der Waals surface area contributed by atoms with E-state index in [1.54, 1.807) is 21.8 Å². The van der Waals surface area contributed by atoms with Crippen molar-refractivity contribution in [3.8, 4) is 5.69 Å².